The molecule has 1 aliphatic rings. The molecule has 1 fully saturated rings. The predicted octanol–water partition coefficient (Wildman–Crippen LogP) is 0.654. The molecule has 2 N–H and O–H groups in total. The number of ether oxygens (including phenoxy) is 1. The maximum Gasteiger partial charge on any atom is 0.332 e. The molecular weight excluding hydrogens is 242 g/mol. The molecule has 0 radical (unpaired) electrons. The van der Waals surface area contributed by atoms with Crippen LogP contribution >= 0.6 is 11.8 Å². The van der Waals surface area contributed by atoms with Crippen molar-refractivity contribution in [2.45, 2.75) is 25.0 Å². The van der Waals surface area contributed by atoms with Crippen molar-refractivity contribution in [3.8, 4) is 0 Å². The molecule has 0 aromatic heterocycles. The summed E-state index contributed by atoms with van der Waals surface area (Å²) in [6, 6.07) is 0. The highest BCUT2D eigenvalue weighted by molar-refractivity contribution is 7.99. The second-order valence-corrected chi connectivity index (χ2v) is 4.83. The van der Waals surface area contributed by atoms with Gasteiger partial charge in [-0.15, -0.1) is 6.58 Å². The van der Waals surface area contributed by atoms with E-state index in [0.717, 1.165) is 11.5 Å². The molecular formula is C11H17NO4S. The highest BCUT2D eigenvalue weighted by Gasteiger charge is 2.34. The van der Waals surface area contributed by atoms with Gasteiger partial charge in [0.25, 0.3) is 0 Å². The zero-order chi connectivity index (χ0) is 12.7. The SMILES string of the molecule is C=CCSCCNC(=O)[C@@H]1CC[C@H](C(=O)O)O1. The molecule has 0 bridgehead atoms. The van der Waals surface area contributed by atoms with Crippen LogP contribution in [0.15, 0.2) is 12.7 Å². The Morgan fingerprint density at radius 3 is 2.76 bits per heavy atom. The molecule has 0 aliphatic carbocycles. The maximum absolute atomic E-state index is 11.6. The van der Waals surface area contributed by atoms with Crippen LogP contribution in [0, 0.1) is 0 Å². The quantitative estimate of drug-likeness (QED) is 0.519. The van der Waals surface area contributed by atoms with Crippen molar-refractivity contribution >= 4 is 23.6 Å². The van der Waals surface area contributed by atoms with Crippen molar-refractivity contribution in [2.24, 2.45) is 0 Å². The number of hydrogen-bond donors (Lipinski definition) is 2. The average molecular weight is 259 g/mol. The monoisotopic (exact) mass is 259 g/mol. The lowest BCUT2D eigenvalue weighted by Crippen LogP contribution is -2.36. The van der Waals surface area contributed by atoms with E-state index in [9.17, 15) is 9.59 Å². The van der Waals surface area contributed by atoms with E-state index in [-0.39, 0.29) is 5.91 Å². The summed E-state index contributed by atoms with van der Waals surface area (Å²) < 4.78 is 5.13. The van der Waals surface area contributed by atoms with Crippen molar-refractivity contribution in [1.29, 1.82) is 0 Å². The van der Waals surface area contributed by atoms with Crippen LogP contribution in [-0.4, -0.2) is 47.2 Å². The van der Waals surface area contributed by atoms with Gasteiger partial charge in [-0.05, 0) is 12.8 Å². The van der Waals surface area contributed by atoms with Gasteiger partial charge in [0.1, 0.15) is 6.10 Å². The molecule has 0 saturated carbocycles. The first-order chi connectivity index (χ1) is 8.15. The molecule has 0 aromatic carbocycles. The standard InChI is InChI=1S/C11H17NO4S/c1-2-6-17-7-5-12-10(13)8-3-4-9(16-8)11(14)15/h2,8-9H,1,3-7H2,(H,12,13)(H,14,15)/t8-,9+/m0/s1. The Hall–Kier alpha value is -1.01. The molecule has 1 saturated heterocycles. The Labute approximate surface area is 105 Å². The van der Waals surface area contributed by atoms with Gasteiger partial charge in [0, 0.05) is 18.1 Å². The highest BCUT2D eigenvalue weighted by atomic mass is 32.2. The lowest BCUT2D eigenvalue weighted by atomic mass is 10.2. The lowest BCUT2D eigenvalue weighted by Gasteiger charge is -2.11. The number of carboxylic acid groups (broad SMARTS) is 1. The van der Waals surface area contributed by atoms with Crippen molar-refractivity contribution in [1.82, 2.24) is 5.32 Å². The van der Waals surface area contributed by atoms with Gasteiger partial charge < -0.3 is 15.2 Å². The van der Waals surface area contributed by atoms with Gasteiger partial charge in [-0.2, -0.15) is 11.8 Å². The Bertz CT molecular complexity index is 295. The van der Waals surface area contributed by atoms with E-state index in [2.05, 4.69) is 11.9 Å². The van der Waals surface area contributed by atoms with Crippen LogP contribution in [0.4, 0.5) is 0 Å². The molecule has 0 spiro atoms. The largest absolute Gasteiger partial charge is 0.479 e. The second kappa shape index (κ2) is 7.34. The summed E-state index contributed by atoms with van der Waals surface area (Å²) in [7, 11) is 0. The lowest BCUT2D eigenvalue weighted by molar-refractivity contribution is -0.151. The highest BCUT2D eigenvalue weighted by Crippen LogP contribution is 2.19. The Morgan fingerprint density at radius 2 is 2.18 bits per heavy atom. The van der Waals surface area contributed by atoms with E-state index in [1.165, 1.54) is 0 Å². The average Bonchev–Trinajstić information content (AvgIpc) is 2.78. The molecule has 6 heteroatoms. The molecule has 17 heavy (non-hydrogen) atoms. The third kappa shape index (κ3) is 4.79. The molecule has 96 valence electrons. The Balaban J connectivity index is 2.16. The first-order valence-electron chi connectivity index (χ1n) is 5.49. The van der Waals surface area contributed by atoms with Crippen LogP contribution < -0.4 is 5.32 Å². The number of carbonyl (C=O) groups is 2. The minimum atomic E-state index is -0.998. The van der Waals surface area contributed by atoms with Crippen LogP contribution in [0.5, 0.6) is 0 Å². The summed E-state index contributed by atoms with van der Waals surface area (Å²) in [5.74, 6) is 0.457. The molecule has 1 aliphatic heterocycles. The van der Waals surface area contributed by atoms with Gasteiger partial charge in [0.15, 0.2) is 6.10 Å². The van der Waals surface area contributed by atoms with Crippen LogP contribution in [-0.2, 0) is 14.3 Å². The number of carboxylic acids is 1. The second-order valence-electron chi connectivity index (χ2n) is 3.68. The number of aliphatic carboxylic acids is 1. The normalized spacial score (nSPS) is 23.3. The topological polar surface area (TPSA) is 75.6 Å². The van der Waals surface area contributed by atoms with Crippen molar-refractivity contribution in [3.05, 3.63) is 12.7 Å². The summed E-state index contributed by atoms with van der Waals surface area (Å²) in [6.45, 7) is 4.16. The minimum absolute atomic E-state index is 0.215. The van der Waals surface area contributed by atoms with E-state index >= 15 is 0 Å². The van der Waals surface area contributed by atoms with Gasteiger partial charge in [-0.1, -0.05) is 6.08 Å². The molecule has 5 nitrogen and oxygen atoms in total. The maximum atomic E-state index is 11.6. The minimum Gasteiger partial charge on any atom is -0.479 e. The predicted molar refractivity (Wildman–Crippen MR) is 66.1 cm³/mol. The van der Waals surface area contributed by atoms with E-state index in [1.54, 1.807) is 11.8 Å². The Morgan fingerprint density at radius 1 is 1.47 bits per heavy atom. The number of amides is 1. The van der Waals surface area contributed by atoms with Gasteiger partial charge in [0.05, 0.1) is 0 Å². The summed E-state index contributed by atoms with van der Waals surface area (Å²) in [4.78, 5) is 22.2. The number of nitrogens with one attached hydrogen (secondary N) is 1. The van der Waals surface area contributed by atoms with Crippen molar-refractivity contribution in [3.63, 3.8) is 0 Å². The summed E-state index contributed by atoms with van der Waals surface area (Å²) in [5, 5.41) is 11.4. The third-order valence-electron chi connectivity index (χ3n) is 2.37. The zero-order valence-corrected chi connectivity index (χ0v) is 10.4. The number of thioether (sulfide) groups is 1. The van der Waals surface area contributed by atoms with Crippen LogP contribution in [0.2, 0.25) is 0 Å². The smallest absolute Gasteiger partial charge is 0.332 e. The number of rotatable bonds is 7. The van der Waals surface area contributed by atoms with E-state index in [1.807, 2.05) is 6.08 Å². The van der Waals surface area contributed by atoms with E-state index < -0.39 is 18.2 Å². The zero-order valence-electron chi connectivity index (χ0n) is 9.55. The molecule has 0 unspecified atom stereocenters. The van der Waals surface area contributed by atoms with Crippen molar-refractivity contribution in [2.75, 3.05) is 18.1 Å². The summed E-state index contributed by atoms with van der Waals surface area (Å²) in [5.41, 5.74) is 0. The van der Waals surface area contributed by atoms with Crippen LogP contribution in [0.25, 0.3) is 0 Å². The van der Waals surface area contributed by atoms with Gasteiger partial charge in [0.2, 0.25) is 5.91 Å². The molecule has 1 amide bonds. The number of hydrogen-bond acceptors (Lipinski definition) is 4. The number of carbonyl (C=O) groups excluding carboxylic acids is 1. The molecule has 2 atom stereocenters. The fourth-order valence-corrected chi connectivity index (χ4v) is 2.12. The Kier molecular flexibility index (Phi) is 6.07. The fourth-order valence-electron chi connectivity index (χ4n) is 1.54. The summed E-state index contributed by atoms with van der Waals surface area (Å²) in [6.07, 6.45) is 1.24. The molecule has 1 heterocycles. The van der Waals surface area contributed by atoms with Crippen molar-refractivity contribution < 1.29 is 19.4 Å². The van der Waals surface area contributed by atoms with E-state index in [0.29, 0.717) is 19.4 Å². The first-order valence-corrected chi connectivity index (χ1v) is 6.65. The van der Waals surface area contributed by atoms with Gasteiger partial charge >= 0.3 is 5.97 Å². The molecule has 0 aromatic rings. The molecule has 1 rings (SSSR count). The van der Waals surface area contributed by atoms with E-state index in [4.69, 9.17) is 9.84 Å². The van der Waals surface area contributed by atoms with Crippen LogP contribution in [0.1, 0.15) is 12.8 Å². The summed E-state index contributed by atoms with van der Waals surface area (Å²) >= 11 is 1.68. The first kappa shape index (κ1) is 14.1. The fraction of sp³-hybridized carbons (Fsp3) is 0.636. The third-order valence-corrected chi connectivity index (χ3v) is 3.33. The van der Waals surface area contributed by atoms with Crippen LogP contribution in [0.3, 0.4) is 0 Å². The van der Waals surface area contributed by atoms with Gasteiger partial charge in [-0.25, -0.2) is 4.79 Å². The van der Waals surface area contributed by atoms with Gasteiger partial charge in [-0.3, -0.25) is 4.79 Å².